The van der Waals surface area contributed by atoms with Crippen molar-refractivity contribution in [1.82, 2.24) is 4.57 Å². The number of methoxy groups -OCH3 is 1. The molecule has 21 heavy (non-hydrogen) atoms. The summed E-state index contributed by atoms with van der Waals surface area (Å²) in [5, 5.41) is 0.468. The molecule has 0 spiro atoms. The SMILES string of the molecule is C=C(OC)c1ccc2c(ccn2-c2ccc(F)cc2)c1F. The minimum absolute atomic E-state index is 0.281. The monoisotopic (exact) mass is 285 g/mol. The zero-order valence-electron chi connectivity index (χ0n) is 11.4. The fraction of sp³-hybridized carbons (Fsp3) is 0.0588. The Morgan fingerprint density at radius 1 is 1.05 bits per heavy atom. The molecule has 0 atom stereocenters. The van der Waals surface area contributed by atoms with Crippen molar-refractivity contribution in [2.24, 2.45) is 0 Å². The number of nitrogens with zero attached hydrogens (tertiary/aromatic N) is 1. The van der Waals surface area contributed by atoms with Crippen LogP contribution in [0.1, 0.15) is 5.56 Å². The van der Waals surface area contributed by atoms with E-state index in [9.17, 15) is 8.78 Å². The zero-order valence-corrected chi connectivity index (χ0v) is 11.4. The highest BCUT2D eigenvalue weighted by Gasteiger charge is 2.13. The van der Waals surface area contributed by atoms with Gasteiger partial charge in [0.05, 0.1) is 18.2 Å². The number of benzene rings is 2. The van der Waals surface area contributed by atoms with E-state index in [-0.39, 0.29) is 17.4 Å². The number of ether oxygens (including phenoxy) is 1. The largest absolute Gasteiger partial charge is 0.497 e. The van der Waals surface area contributed by atoms with Gasteiger partial charge in [-0.2, -0.15) is 0 Å². The van der Waals surface area contributed by atoms with Crippen molar-refractivity contribution in [2.45, 2.75) is 0 Å². The first-order chi connectivity index (χ1) is 10.1. The number of halogens is 2. The Kier molecular flexibility index (Phi) is 3.22. The van der Waals surface area contributed by atoms with Gasteiger partial charge in [-0.1, -0.05) is 6.58 Å². The Hall–Kier alpha value is -2.62. The Balaban J connectivity index is 2.18. The molecule has 3 rings (SSSR count). The van der Waals surface area contributed by atoms with Crippen molar-refractivity contribution in [3.63, 3.8) is 0 Å². The van der Waals surface area contributed by atoms with E-state index in [0.717, 1.165) is 5.69 Å². The lowest BCUT2D eigenvalue weighted by atomic mass is 10.1. The Morgan fingerprint density at radius 3 is 2.43 bits per heavy atom. The number of hydrogen-bond acceptors (Lipinski definition) is 1. The van der Waals surface area contributed by atoms with Gasteiger partial charge in [-0.25, -0.2) is 8.78 Å². The summed E-state index contributed by atoms with van der Waals surface area (Å²) in [5.41, 5.74) is 1.80. The Morgan fingerprint density at radius 2 is 1.76 bits per heavy atom. The third kappa shape index (κ3) is 2.18. The summed E-state index contributed by atoms with van der Waals surface area (Å²) in [6.07, 6.45) is 1.75. The first-order valence-electron chi connectivity index (χ1n) is 6.40. The fourth-order valence-corrected chi connectivity index (χ4v) is 2.33. The summed E-state index contributed by atoms with van der Waals surface area (Å²) in [5.74, 6) is -0.399. The van der Waals surface area contributed by atoms with Crippen LogP contribution in [0.2, 0.25) is 0 Å². The molecule has 1 aromatic heterocycles. The molecule has 0 radical (unpaired) electrons. The van der Waals surface area contributed by atoms with Crippen LogP contribution < -0.4 is 0 Å². The van der Waals surface area contributed by atoms with Crippen LogP contribution >= 0.6 is 0 Å². The van der Waals surface area contributed by atoms with Crippen LogP contribution in [-0.4, -0.2) is 11.7 Å². The van der Waals surface area contributed by atoms with Gasteiger partial charge in [0.15, 0.2) is 0 Å². The van der Waals surface area contributed by atoms with Gasteiger partial charge in [-0.05, 0) is 42.5 Å². The Bertz CT molecular complexity index is 819. The van der Waals surface area contributed by atoms with Crippen molar-refractivity contribution < 1.29 is 13.5 Å². The van der Waals surface area contributed by atoms with Crippen molar-refractivity contribution in [3.8, 4) is 5.69 Å². The molecule has 4 heteroatoms. The second-order valence-electron chi connectivity index (χ2n) is 4.65. The van der Waals surface area contributed by atoms with Crippen LogP contribution in [-0.2, 0) is 4.74 Å². The van der Waals surface area contributed by atoms with Crippen molar-refractivity contribution in [2.75, 3.05) is 7.11 Å². The molecule has 0 saturated heterocycles. The minimum Gasteiger partial charge on any atom is -0.497 e. The smallest absolute Gasteiger partial charge is 0.143 e. The third-order valence-corrected chi connectivity index (χ3v) is 3.46. The van der Waals surface area contributed by atoms with Crippen LogP contribution in [0.15, 0.2) is 55.2 Å². The van der Waals surface area contributed by atoms with E-state index in [1.165, 1.54) is 19.2 Å². The van der Waals surface area contributed by atoms with Crippen molar-refractivity contribution >= 4 is 16.7 Å². The summed E-state index contributed by atoms with van der Waals surface area (Å²) >= 11 is 0. The van der Waals surface area contributed by atoms with Gasteiger partial charge < -0.3 is 9.30 Å². The summed E-state index contributed by atoms with van der Waals surface area (Å²) < 4.78 is 34.3. The van der Waals surface area contributed by atoms with Gasteiger partial charge in [-0.3, -0.25) is 0 Å². The van der Waals surface area contributed by atoms with Crippen LogP contribution in [0, 0.1) is 11.6 Å². The zero-order chi connectivity index (χ0) is 15.0. The molecule has 2 aromatic carbocycles. The second-order valence-corrected chi connectivity index (χ2v) is 4.65. The predicted octanol–water partition coefficient (Wildman–Crippen LogP) is 4.53. The maximum absolute atomic E-state index is 14.5. The molecule has 3 aromatic rings. The average molecular weight is 285 g/mol. The Labute approximate surface area is 120 Å². The molecule has 0 fully saturated rings. The van der Waals surface area contributed by atoms with E-state index in [1.807, 2.05) is 0 Å². The van der Waals surface area contributed by atoms with Crippen LogP contribution in [0.25, 0.3) is 22.3 Å². The summed E-state index contributed by atoms with van der Waals surface area (Å²) in [6, 6.07) is 11.1. The van der Waals surface area contributed by atoms with Gasteiger partial charge in [0.2, 0.25) is 0 Å². The van der Waals surface area contributed by atoms with Crippen LogP contribution in [0.4, 0.5) is 8.78 Å². The third-order valence-electron chi connectivity index (χ3n) is 3.46. The van der Waals surface area contributed by atoms with E-state index < -0.39 is 0 Å². The predicted molar refractivity (Wildman–Crippen MR) is 79.2 cm³/mol. The quantitative estimate of drug-likeness (QED) is 0.645. The standard InChI is InChI=1S/C17H13F2NO/c1-11(21-2)14-7-8-16-15(17(14)19)9-10-20(16)13-5-3-12(18)4-6-13/h3-10H,1H2,2H3. The maximum Gasteiger partial charge on any atom is 0.143 e. The second kappa shape index (κ2) is 5.05. The summed E-state index contributed by atoms with van der Waals surface area (Å²) in [6.45, 7) is 3.68. The lowest BCUT2D eigenvalue weighted by Gasteiger charge is -2.09. The van der Waals surface area contributed by atoms with E-state index in [2.05, 4.69) is 6.58 Å². The molecular weight excluding hydrogens is 272 g/mol. The van der Waals surface area contributed by atoms with Crippen molar-refractivity contribution in [3.05, 3.63) is 72.4 Å². The molecule has 0 aliphatic carbocycles. The van der Waals surface area contributed by atoms with Gasteiger partial charge in [0, 0.05) is 17.3 Å². The van der Waals surface area contributed by atoms with Gasteiger partial charge >= 0.3 is 0 Å². The summed E-state index contributed by atoms with van der Waals surface area (Å²) in [7, 11) is 1.45. The first-order valence-corrected chi connectivity index (χ1v) is 6.40. The number of fused-ring (bicyclic) bond motifs is 1. The van der Waals surface area contributed by atoms with E-state index in [1.54, 1.807) is 41.1 Å². The number of aromatic nitrogens is 1. The molecule has 0 unspecified atom stereocenters. The van der Waals surface area contributed by atoms with Gasteiger partial charge in [-0.15, -0.1) is 0 Å². The molecule has 0 aliphatic rings. The molecule has 0 aliphatic heterocycles. The number of rotatable bonds is 3. The van der Waals surface area contributed by atoms with Gasteiger partial charge in [0.1, 0.15) is 17.4 Å². The van der Waals surface area contributed by atoms with Gasteiger partial charge in [0.25, 0.3) is 0 Å². The topological polar surface area (TPSA) is 14.2 Å². The van der Waals surface area contributed by atoms with E-state index >= 15 is 0 Å². The highest BCUT2D eigenvalue weighted by atomic mass is 19.1. The molecule has 0 N–H and O–H groups in total. The highest BCUT2D eigenvalue weighted by molar-refractivity contribution is 5.86. The van der Waals surface area contributed by atoms with Crippen LogP contribution in [0.3, 0.4) is 0 Å². The molecule has 2 nitrogen and oxygen atoms in total. The molecule has 0 amide bonds. The maximum atomic E-state index is 14.5. The molecule has 1 heterocycles. The lowest BCUT2D eigenvalue weighted by Crippen LogP contribution is -1.95. The normalized spacial score (nSPS) is 10.8. The summed E-state index contributed by atoms with van der Waals surface area (Å²) in [4.78, 5) is 0. The molecule has 0 bridgehead atoms. The van der Waals surface area contributed by atoms with Crippen molar-refractivity contribution in [1.29, 1.82) is 0 Å². The minimum atomic E-state index is -0.375. The number of hydrogen-bond donors (Lipinski definition) is 0. The first kappa shape index (κ1) is 13.4. The molecule has 0 saturated carbocycles. The van der Waals surface area contributed by atoms with E-state index in [0.29, 0.717) is 16.5 Å². The van der Waals surface area contributed by atoms with E-state index in [4.69, 9.17) is 4.74 Å². The van der Waals surface area contributed by atoms with Crippen LogP contribution in [0.5, 0.6) is 0 Å². The lowest BCUT2D eigenvalue weighted by molar-refractivity contribution is 0.369. The molecular formula is C17H13F2NO. The fourth-order valence-electron chi connectivity index (χ4n) is 2.33. The highest BCUT2D eigenvalue weighted by Crippen LogP contribution is 2.28. The average Bonchev–Trinajstić information content (AvgIpc) is 2.92. The molecule has 106 valence electrons.